The van der Waals surface area contributed by atoms with Crippen LogP contribution in [-0.4, -0.2) is 4.98 Å². The van der Waals surface area contributed by atoms with E-state index in [0.717, 1.165) is 10.0 Å². The number of hydrogen-bond acceptors (Lipinski definition) is 1. The first-order valence-electron chi connectivity index (χ1n) is 2.55. The van der Waals surface area contributed by atoms with Gasteiger partial charge in [0.1, 0.15) is 0 Å². The lowest BCUT2D eigenvalue weighted by atomic mass is 10.3. The molecule has 0 spiro atoms. The highest BCUT2D eigenvalue weighted by molar-refractivity contribution is 9.15. The Bertz CT molecular complexity index is 205. The summed E-state index contributed by atoms with van der Waals surface area (Å²) in [5.41, 5.74) is 1.07. The molecule has 1 heterocycles. The number of rotatable bonds is 1. The van der Waals surface area contributed by atoms with E-state index in [0.29, 0.717) is 0 Å². The summed E-state index contributed by atoms with van der Waals surface area (Å²) >= 11 is 3.26. The Labute approximate surface area is 62.6 Å². The monoisotopic (exact) mass is 183 g/mol. The number of pyridine rings is 1. The van der Waals surface area contributed by atoms with Crippen LogP contribution in [0.2, 0.25) is 0 Å². The van der Waals surface area contributed by atoms with Crippen molar-refractivity contribution in [3.63, 3.8) is 0 Å². The van der Waals surface area contributed by atoms with Crippen LogP contribution in [0, 0.1) is 0 Å². The first kappa shape index (κ1) is 6.49. The molecule has 9 heavy (non-hydrogen) atoms. The molecule has 2 heteroatoms. The van der Waals surface area contributed by atoms with E-state index < -0.39 is 0 Å². The normalized spacial score (nSPS) is 9.00. The van der Waals surface area contributed by atoms with Crippen LogP contribution in [0.1, 0.15) is 5.56 Å². The average Bonchev–Trinajstić information content (AvgIpc) is 1.90. The molecular weight excluding hydrogens is 178 g/mol. The molecule has 1 aromatic heterocycles. The first-order chi connectivity index (χ1) is 4.30. The predicted molar refractivity (Wildman–Crippen MR) is 42.2 cm³/mol. The van der Waals surface area contributed by atoms with Gasteiger partial charge in [0.05, 0.1) is 0 Å². The SMILES string of the molecule is C=C(Br)c1ccncc1. The number of halogens is 1. The van der Waals surface area contributed by atoms with E-state index in [9.17, 15) is 0 Å². The Morgan fingerprint density at radius 3 is 2.33 bits per heavy atom. The van der Waals surface area contributed by atoms with E-state index in [2.05, 4.69) is 27.5 Å². The molecule has 0 aliphatic carbocycles. The molecule has 46 valence electrons. The molecule has 0 amide bonds. The fraction of sp³-hybridized carbons (Fsp3) is 0. The third kappa shape index (κ3) is 1.64. The second-order valence-corrected chi connectivity index (χ2v) is 2.60. The van der Waals surface area contributed by atoms with Crippen molar-refractivity contribution in [2.24, 2.45) is 0 Å². The number of hydrogen-bond donors (Lipinski definition) is 0. The van der Waals surface area contributed by atoms with Crippen molar-refractivity contribution in [1.82, 2.24) is 4.98 Å². The molecule has 1 aromatic rings. The zero-order valence-electron chi connectivity index (χ0n) is 4.84. The molecule has 0 radical (unpaired) electrons. The maximum absolute atomic E-state index is 3.87. The van der Waals surface area contributed by atoms with Gasteiger partial charge in [0.2, 0.25) is 0 Å². The molecule has 0 fully saturated rings. The van der Waals surface area contributed by atoms with E-state index in [-0.39, 0.29) is 0 Å². The van der Waals surface area contributed by atoms with Gasteiger partial charge in [0.15, 0.2) is 0 Å². The summed E-state index contributed by atoms with van der Waals surface area (Å²) < 4.78 is 0.893. The Kier molecular flexibility index (Phi) is 2.01. The minimum Gasteiger partial charge on any atom is -0.265 e. The maximum Gasteiger partial charge on any atom is 0.0274 e. The van der Waals surface area contributed by atoms with Gasteiger partial charge in [-0.3, -0.25) is 4.98 Å². The smallest absolute Gasteiger partial charge is 0.0274 e. The lowest BCUT2D eigenvalue weighted by Crippen LogP contribution is -1.73. The lowest BCUT2D eigenvalue weighted by molar-refractivity contribution is 1.32. The number of nitrogens with zero attached hydrogens (tertiary/aromatic N) is 1. The highest BCUT2D eigenvalue weighted by Gasteiger charge is 1.88. The summed E-state index contributed by atoms with van der Waals surface area (Å²) in [5.74, 6) is 0. The summed E-state index contributed by atoms with van der Waals surface area (Å²) in [6.45, 7) is 3.71. The van der Waals surface area contributed by atoms with Gasteiger partial charge < -0.3 is 0 Å². The van der Waals surface area contributed by atoms with Crippen molar-refractivity contribution >= 4 is 20.4 Å². The zero-order valence-corrected chi connectivity index (χ0v) is 6.43. The van der Waals surface area contributed by atoms with Crippen LogP contribution in [0.15, 0.2) is 31.1 Å². The fourth-order valence-electron chi connectivity index (χ4n) is 0.533. The Hall–Kier alpha value is -0.630. The minimum atomic E-state index is 0.893. The van der Waals surface area contributed by atoms with Crippen LogP contribution in [0.4, 0.5) is 0 Å². The molecule has 0 saturated carbocycles. The van der Waals surface area contributed by atoms with Gasteiger partial charge in [-0.15, -0.1) is 0 Å². The molecule has 1 rings (SSSR count). The second kappa shape index (κ2) is 2.78. The van der Waals surface area contributed by atoms with Gasteiger partial charge in [0, 0.05) is 16.9 Å². The topological polar surface area (TPSA) is 12.9 Å². The van der Waals surface area contributed by atoms with Crippen LogP contribution in [0.3, 0.4) is 0 Å². The van der Waals surface area contributed by atoms with Crippen LogP contribution in [-0.2, 0) is 0 Å². The Balaban J connectivity index is 2.98. The molecule has 0 N–H and O–H groups in total. The van der Waals surface area contributed by atoms with Crippen molar-refractivity contribution < 1.29 is 0 Å². The van der Waals surface area contributed by atoms with Gasteiger partial charge in [0.25, 0.3) is 0 Å². The zero-order chi connectivity index (χ0) is 6.69. The maximum atomic E-state index is 3.87. The van der Waals surface area contributed by atoms with Crippen LogP contribution in [0.25, 0.3) is 4.48 Å². The van der Waals surface area contributed by atoms with Gasteiger partial charge in [-0.25, -0.2) is 0 Å². The predicted octanol–water partition coefficient (Wildman–Crippen LogP) is 2.45. The van der Waals surface area contributed by atoms with Crippen LogP contribution >= 0.6 is 15.9 Å². The molecule has 0 atom stereocenters. The third-order valence-corrected chi connectivity index (χ3v) is 1.45. The van der Waals surface area contributed by atoms with Crippen LogP contribution in [0.5, 0.6) is 0 Å². The van der Waals surface area contributed by atoms with E-state index in [4.69, 9.17) is 0 Å². The molecule has 0 aliphatic rings. The van der Waals surface area contributed by atoms with E-state index in [1.165, 1.54) is 0 Å². The summed E-state index contributed by atoms with van der Waals surface area (Å²) in [6.07, 6.45) is 3.48. The Morgan fingerprint density at radius 1 is 1.44 bits per heavy atom. The molecule has 1 nitrogen and oxygen atoms in total. The van der Waals surface area contributed by atoms with Crippen molar-refractivity contribution in [1.29, 1.82) is 0 Å². The third-order valence-electron chi connectivity index (χ3n) is 0.994. The van der Waals surface area contributed by atoms with E-state index in [1.807, 2.05) is 12.1 Å². The standard InChI is InChI=1S/C7H6BrN/c1-6(8)7-2-4-9-5-3-7/h2-5H,1H2. The Morgan fingerprint density at radius 2 is 2.00 bits per heavy atom. The van der Waals surface area contributed by atoms with Gasteiger partial charge in [-0.1, -0.05) is 22.5 Å². The first-order valence-corrected chi connectivity index (χ1v) is 3.35. The molecule has 0 saturated heterocycles. The highest BCUT2D eigenvalue weighted by atomic mass is 79.9. The summed E-state index contributed by atoms with van der Waals surface area (Å²) in [4.78, 5) is 3.87. The van der Waals surface area contributed by atoms with E-state index in [1.54, 1.807) is 12.4 Å². The van der Waals surface area contributed by atoms with Crippen LogP contribution < -0.4 is 0 Å². The van der Waals surface area contributed by atoms with Crippen molar-refractivity contribution in [3.8, 4) is 0 Å². The minimum absolute atomic E-state index is 0.893. The van der Waals surface area contributed by atoms with E-state index >= 15 is 0 Å². The number of aromatic nitrogens is 1. The molecule has 0 aromatic carbocycles. The van der Waals surface area contributed by atoms with Gasteiger partial charge in [-0.2, -0.15) is 0 Å². The summed E-state index contributed by atoms with van der Waals surface area (Å²) in [6, 6.07) is 3.80. The van der Waals surface area contributed by atoms with Crippen molar-refractivity contribution in [2.45, 2.75) is 0 Å². The molecule has 0 bridgehead atoms. The van der Waals surface area contributed by atoms with Gasteiger partial charge >= 0.3 is 0 Å². The molecule has 0 aliphatic heterocycles. The molecule has 0 unspecified atom stereocenters. The lowest BCUT2D eigenvalue weighted by Gasteiger charge is -1.92. The van der Waals surface area contributed by atoms with Crippen molar-refractivity contribution in [2.75, 3.05) is 0 Å². The van der Waals surface area contributed by atoms with Gasteiger partial charge in [-0.05, 0) is 17.7 Å². The largest absolute Gasteiger partial charge is 0.265 e. The fourth-order valence-corrected chi connectivity index (χ4v) is 0.797. The quantitative estimate of drug-likeness (QED) is 0.653. The molecular formula is C7H6BrN. The highest BCUT2D eigenvalue weighted by Crippen LogP contribution is 2.16. The average molecular weight is 184 g/mol. The second-order valence-electron chi connectivity index (χ2n) is 1.64. The van der Waals surface area contributed by atoms with Crippen molar-refractivity contribution in [3.05, 3.63) is 36.7 Å². The summed E-state index contributed by atoms with van der Waals surface area (Å²) in [5, 5.41) is 0. The summed E-state index contributed by atoms with van der Waals surface area (Å²) in [7, 11) is 0.